The van der Waals surface area contributed by atoms with Crippen LogP contribution in [0.5, 0.6) is 5.75 Å². The zero-order valence-electron chi connectivity index (χ0n) is 27.3. The molecule has 2 unspecified atom stereocenters. The third kappa shape index (κ3) is 7.64. The molecule has 1 aromatic heterocycles. The first-order chi connectivity index (χ1) is 23.8. The summed E-state index contributed by atoms with van der Waals surface area (Å²) >= 11 is 13.9. The summed E-state index contributed by atoms with van der Waals surface area (Å²) < 4.78 is 7.46. The van der Waals surface area contributed by atoms with Gasteiger partial charge in [-0.15, -0.1) is 5.10 Å². The number of fused-ring (bicyclic) bond motifs is 1. The largest absolute Gasteiger partial charge is 0.496 e. The number of nitrogens with zero attached hydrogens (tertiary/aromatic N) is 4. The van der Waals surface area contributed by atoms with Crippen LogP contribution in [0.4, 0.5) is 0 Å². The number of rotatable bonds is 14. The molecule has 12 heteroatoms. The van der Waals surface area contributed by atoms with Gasteiger partial charge in [-0.2, -0.15) is 0 Å². The van der Waals surface area contributed by atoms with Gasteiger partial charge in [0.2, 0.25) is 5.91 Å². The van der Waals surface area contributed by atoms with Crippen LogP contribution in [0.15, 0.2) is 72.8 Å². The Hall–Kier alpha value is -4.32. The number of aliphatic hydroxyl groups is 1. The fourth-order valence-corrected chi connectivity index (χ4v) is 6.80. The van der Waals surface area contributed by atoms with Crippen LogP contribution in [0.1, 0.15) is 29.5 Å². The molecule has 2 atom stereocenters. The van der Waals surface area contributed by atoms with Gasteiger partial charge in [0.1, 0.15) is 17.6 Å². The molecule has 0 radical (unpaired) electrons. The minimum Gasteiger partial charge on any atom is -0.496 e. The molecular formula is C37H38Cl2N6O4. The summed E-state index contributed by atoms with van der Waals surface area (Å²) in [5, 5.41) is 26.1. The third-order valence-corrected chi connectivity index (χ3v) is 9.76. The standard InChI is InChI=1S/C37H38Cl2N6O4/c1-44(28(21-46)22-47)19-26-15-32(38)25(16-34(26)49-2)20-45-33-8-4-7-31(37(33)42-43-45)30-6-3-5-29(36(30)39)24-11-9-23(10-12-24)17-40-18-27-13-14-35(48)41-27/h3-12,15-16,21,27-28,40,47H,13-14,17-20,22H2,1-2H3,(H,41,48). The summed E-state index contributed by atoms with van der Waals surface area (Å²) in [6.07, 6.45) is 2.19. The average molecular weight is 702 g/mol. The fourth-order valence-electron chi connectivity index (χ4n) is 6.22. The van der Waals surface area contributed by atoms with E-state index in [4.69, 9.17) is 27.9 Å². The molecule has 1 fully saturated rings. The quantitative estimate of drug-likeness (QED) is 0.130. The molecule has 1 aliphatic rings. The first-order valence-corrected chi connectivity index (χ1v) is 16.9. The van der Waals surface area contributed by atoms with E-state index in [0.717, 1.165) is 63.7 Å². The number of amides is 1. The van der Waals surface area contributed by atoms with E-state index in [1.165, 1.54) is 0 Å². The molecule has 49 heavy (non-hydrogen) atoms. The fraction of sp³-hybridized carbons (Fsp3) is 0.297. The number of hydrogen-bond donors (Lipinski definition) is 3. The molecule has 1 saturated heterocycles. The molecular weight excluding hydrogens is 663 g/mol. The van der Waals surface area contributed by atoms with Crippen molar-refractivity contribution in [2.24, 2.45) is 0 Å². The Morgan fingerprint density at radius 1 is 1.08 bits per heavy atom. The summed E-state index contributed by atoms with van der Waals surface area (Å²) in [6, 6.07) is 23.5. The molecule has 10 nitrogen and oxygen atoms in total. The predicted octanol–water partition coefficient (Wildman–Crippen LogP) is 5.49. The van der Waals surface area contributed by atoms with E-state index in [2.05, 4.69) is 45.2 Å². The zero-order valence-corrected chi connectivity index (χ0v) is 28.8. The highest BCUT2D eigenvalue weighted by Crippen LogP contribution is 2.39. The van der Waals surface area contributed by atoms with Crippen LogP contribution in [0.25, 0.3) is 33.3 Å². The van der Waals surface area contributed by atoms with Crippen molar-refractivity contribution in [2.45, 2.75) is 44.6 Å². The number of likely N-dealkylation sites (N-methyl/N-ethyl adjacent to an activating group) is 1. The molecule has 2 heterocycles. The van der Waals surface area contributed by atoms with Crippen molar-refractivity contribution in [1.82, 2.24) is 30.5 Å². The van der Waals surface area contributed by atoms with Crippen molar-refractivity contribution in [3.63, 3.8) is 0 Å². The molecule has 0 spiro atoms. The van der Waals surface area contributed by atoms with Crippen LogP contribution in [0.3, 0.4) is 0 Å². The van der Waals surface area contributed by atoms with Crippen molar-refractivity contribution < 1.29 is 19.4 Å². The van der Waals surface area contributed by atoms with E-state index in [1.807, 2.05) is 48.5 Å². The van der Waals surface area contributed by atoms with E-state index in [-0.39, 0.29) is 18.6 Å². The maximum Gasteiger partial charge on any atom is 0.220 e. The zero-order chi connectivity index (χ0) is 34.5. The Bertz CT molecular complexity index is 1970. The van der Waals surface area contributed by atoms with E-state index in [0.29, 0.717) is 47.4 Å². The van der Waals surface area contributed by atoms with Gasteiger partial charge >= 0.3 is 0 Å². The van der Waals surface area contributed by atoms with Gasteiger partial charge in [-0.05, 0) is 48.4 Å². The number of ether oxygens (including phenoxy) is 1. The second-order valence-corrected chi connectivity index (χ2v) is 13.1. The van der Waals surface area contributed by atoms with Crippen molar-refractivity contribution in [2.75, 3.05) is 27.3 Å². The van der Waals surface area contributed by atoms with Crippen LogP contribution in [-0.4, -0.2) is 76.6 Å². The minimum atomic E-state index is -0.624. The van der Waals surface area contributed by atoms with Crippen molar-refractivity contribution in [3.8, 4) is 28.0 Å². The van der Waals surface area contributed by atoms with Gasteiger partial charge in [-0.1, -0.05) is 83.0 Å². The van der Waals surface area contributed by atoms with Gasteiger partial charge in [0.15, 0.2) is 0 Å². The number of aromatic nitrogens is 3. The number of halogens is 2. The van der Waals surface area contributed by atoms with E-state index in [1.54, 1.807) is 23.7 Å². The maximum atomic E-state index is 11.4. The van der Waals surface area contributed by atoms with Crippen LogP contribution in [0, 0.1) is 0 Å². The third-order valence-electron chi connectivity index (χ3n) is 9.00. The number of aldehydes is 1. The summed E-state index contributed by atoms with van der Waals surface area (Å²) in [6.45, 7) is 1.90. The summed E-state index contributed by atoms with van der Waals surface area (Å²) in [4.78, 5) is 24.5. The minimum absolute atomic E-state index is 0.125. The topological polar surface area (TPSA) is 122 Å². The van der Waals surface area contributed by atoms with Crippen LogP contribution >= 0.6 is 23.2 Å². The number of carbonyl (C=O) groups is 2. The number of nitrogens with one attached hydrogen (secondary N) is 2. The Morgan fingerprint density at radius 3 is 2.55 bits per heavy atom. The molecule has 0 bridgehead atoms. The van der Waals surface area contributed by atoms with E-state index >= 15 is 0 Å². The Balaban J connectivity index is 1.21. The van der Waals surface area contributed by atoms with Crippen LogP contribution in [-0.2, 0) is 29.2 Å². The highest BCUT2D eigenvalue weighted by molar-refractivity contribution is 6.36. The number of benzene rings is 4. The predicted molar refractivity (Wildman–Crippen MR) is 192 cm³/mol. The van der Waals surface area contributed by atoms with E-state index in [9.17, 15) is 14.7 Å². The van der Waals surface area contributed by atoms with Crippen molar-refractivity contribution in [1.29, 1.82) is 0 Å². The molecule has 6 rings (SSSR count). The average Bonchev–Trinajstić information content (AvgIpc) is 3.72. The Kier molecular flexibility index (Phi) is 10.9. The molecule has 4 aromatic carbocycles. The van der Waals surface area contributed by atoms with Gasteiger partial charge < -0.3 is 25.3 Å². The normalized spacial score (nSPS) is 15.1. The van der Waals surface area contributed by atoms with Crippen LogP contribution < -0.4 is 15.4 Å². The number of carbonyl (C=O) groups excluding carboxylic acids is 2. The highest BCUT2D eigenvalue weighted by atomic mass is 35.5. The lowest BCUT2D eigenvalue weighted by atomic mass is 9.97. The molecule has 1 amide bonds. The SMILES string of the molecule is COc1cc(Cn2nnc3c(-c4cccc(-c5ccc(CNCC6CCC(=O)N6)cc5)c4Cl)cccc32)c(Cl)cc1CN(C)C(C=O)CO. The Morgan fingerprint density at radius 2 is 1.84 bits per heavy atom. The van der Waals surface area contributed by atoms with Gasteiger partial charge in [-0.3, -0.25) is 9.69 Å². The second kappa shape index (κ2) is 15.5. The number of hydrogen-bond acceptors (Lipinski definition) is 8. The van der Waals surface area contributed by atoms with E-state index < -0.39 is 6.04 Å². The van der Waals surface area contributed by atoms with Gasteiger partial charge in [0.25, 0.3) is 0 Å². The lowest BCUT2D eigenvalue weighted by Gasteiger charge is -2.23. The van der Waals surface area contributed by atoms with Crippen LogP contribution in [0.2, 0.25) is 10.0 Å². The first-order valence-electron chi connectivity index (χ1n) is 16.1. The summed E-state index contributed by atoms with van der Waals surface area (Å²) in [5.74, 6) is 0.742. The Labute approximate surface area is 295 Å². The molecule has 0 aliphatic carbocycles. The summed E-state index contributed by atoms with van der Waals surface area (Å²) in [7, 11) is 3.34. The molecule has 5 aromatic rings. The molecule has 3 N–H and O–H groups in total. The first kappa shape index (κ1) is 34.5. The molecule has 254 valence electrons. The smallest absolute Gasteiger partial charge is 0.220 e. The second-order valence-electron chi connectivity index (χ2n) is 12.3. The molecule has 0 saturated carbocycles. The number of aliphatic hydroxyl groups excluding tert-OH is 1. The number of methoxy groups -OCH3 is 1. The monoisotopic (exact) mass is 700 g/mol. The molecule has 1 aliphatic heterocycles. The maximum absolute atomic E-state index is 11.4. The van der Waals surface area contributed by atoms with Gasteiger partial charge in [0.05, 0.1) is 36.8 Å². The van der Waals surface area contributed by atoms with Crippen molar-refractivity contribution >= 4 is 46.4 Å². The summed E-state index contributed by atoms with van der Waals surface area (Å²) in [5.41, 5.74) is 7.91. The highest BCUT2D eigenvalue weighted by Gasteiger charge is 2.21. The van der Waals surface area contributed by atoms with Crippen molar-refractivity contribution in [3.05, 3.63) is 99.5 Å². The lowest BCUT2D eigenvalue weighted by Crippen LogP contribution is -2.35. The lowest BCUT2D eigenvalue weighted by molar-refractivity contribution is -0.119. The van der Waals surface area contributed by atoms with Gasteiger partial charge in [-0.25, -0.2) is 4.68 Å². The van der Waals surface area contributed by atoms with Gasteiger partial charge in [0, 0.05) is 59.4 Å².